The summed E-state index contributed by atoms with van der Waals surface area (Å²) in [6.45, 7) is 4.40. The maximum absolute atomic E-state index is 13.0. The molecule has 0 aliphatic rings. The number of benzene rings is 2. The molecule has 0 atom stereocenters. The van der Waals surface area contributed by atoms with Gasteiger partial charge in [-0.25, -0.2) is 14.4 Å². The summed E-state index contributed by atoms with van der Waals surface area (Å²) >= 11 is 2.85. The molecular formula is C24H20FN3O2S2. The van der Waals surface area contributed by atoms with Crippen molar-refractivity contribution in [2.75, 3.05) is 11.4 Å². The number of hydrogen-bond acceptors (Lipinski definition) is 6. The maximum Gasteiger partial charge on any atom is 0.235 e. The van der Waals surface area contributed by atoms with E-state index in [2.05, 4.69) is 16.5 Å². The molecule has 0 unspecified atom stereocenters. The Hall–Kier alpha value is -3.36. The summed E-state index contributed by atoms with van der Waals surface area (Å²) in [6.07, 6.45) is 1.84. The second-order valence-corrected chi connectivity index (χ2v) is 8.61. The van der Waals surface area contributed by atoms with Crippen LogP contribution >= 0.6 is 22.7 Å². The fourth-order valence-corrected chi connectivity index (χ4v) is 4.53. The lowest BCUT2D eigenvalue weighted by molar-refractivity contribution is -0.117. The molecule has 0 radical (unpaired) electrons. The van der Waals surface area contributed by atoms with Gasteiger partial charge in [0.1, 0.15) is 23.2 Å². The first-order valence-electron chi connectivity index (χ1n) is 9.86. The number of thiazole rings is 2. The van der Waals surface area contributed by atoms with Crippen molar-refractivity contribution in [2.45, 2.75) is 13.0 Å². The Labute approximate surface area is 193 Å². The number of nitrogens with zero attached hydrogens (tertiary/aromatic N) is 3. The average Bonchev–Trinajstić information content (AvgIpc) is 3.47. The second-order valence-electron chi connectivity index (χ2n) is 6.83. The average molecular weight is 466 g/mol. The minimum absolute atomic E-state index is 0.102. The van der Waals surface area contributed by atoms with Gasteiger partial charge in [0.15, 0.2) is 5.13 Å². The van der Waals surface area contributed by atoms with Gasteiger partial charge < -0.3 is 4.74 Å². The summed E-state index contributed by atoms with van der Waals surface area (Å²) in [6, 6.07) is 15.7. The molecule has 0 aliphatic carbocycles. The van der Waals surface area contributed by atoms with E-state index in [9.17, 15) is 9.18 Å². The zero-order chi connectivity index (χ0) is 22.3. The van der Waals surface area contributed by atoms with Crippen LogP contribution in [0.1, 0.15) is 10.7 Å². The second kappa shape index (κ2) is 10.3. The highest BCUT2D eigenvalue weighted by Gasteiger charge is 2.20. The van der Waals surface area contributed by atoms with Crippen LogP contribution < -0.4 is 9.64 Å². The van der Waals surface area contributed by atoms with Crippen LogP contribution in [0.2, 0.25) is 0 Å². The van der Waals surface area contributed by atoms with Gasteiger partial charge in [-0.1, -0.05) is 36.4 Å². The van der Waals surface area contributed by atoms with Gasteiger partial charge in [-0.05, 0) is 24.3 Å². The molecule has 0 fully saturated rings. The summed E-state index contributed by atoms with van der Waals surface area (Å²) in [4.78, 5) is 23.8. The number of halogens is 1. The molecule has 8 heteroatoms. The number of hydrogen-bond donors (Lipinski definition) is 0. The first kappa shape index (κ1) is 21.9. The summed E-state index contributed by atoms with van der Waals surface area (Å²) in [7, 11) is 0. The molecule has 0 bridgehead atoms. The van der Waals surface area contributed by atoms with Gasteiger partial charge in [-0.15, -0.1) is 29.3 Å². The molecule has 2 aromatic carbocycles. The SMILES string of the molecule is C=CCN(C(=O)Cc1csc(COc2ccc(F)cc2)n1)c1nc(-c2ccccc2)cs1. The van der Waals surface area contributed by atoms with Gasteiger partial charge >= 0.3 is 0 Å². The highest BCUT2D eigenvalue weighted by Crippen LogP contribution is 2.28. The van der Waals surface area contributed by atoms with Crippen molar-refractivity contribution in [1.29, 1.82) is 0 Å². The van der Waals surface area contributed by atoms with Crippen LogP contribution in [0.25, 0.3) is 11.3 Å². The maximum atomic E-state index is 13.0. The van der Waals surface area contributed by atoms with Crippen LogP contribution in [0, 0.1) is 5.82 Å². The van der Waals surface area contributed by atoms with Gasteiger partial charge in [-0.3, -0.25) is 9.69 Å². The van der Waals surface area contributed by atoms with Crippen LogP contribution in [-0.4, -0.2) is 22.4 Å². The molecule has 2 aromatic heterocycles. The van der Waals surface area contributed by atoms with Crippen molar-refractivity contribution >= 4 is 33.7 Å². The molecule has 4 rings (SSSR count). The van der Waals surface area contributed by atoms with Crippen LogP contribution in [0.5, 0.6) is 5.75 Å². The van der Waals surface area contributed by atoms with Crippen LogP contribution in [0.15, 0.2) is 78.0 Å². The highest BCUT2D eigenvalue weighted by molar-refractivity contribution is 7.14. The van der Waals surface area contributed by atoms with E-state index in [4.69, 9.17) is 4.74 Å². The number of rotatable bonds is 9. The Kier molecular flexibility index (Phi) is 7.03. The molecule has 162 valence electrons. The van der Waals surface area contributed by atoms with Crippen molar-refractivity contribution in [2.24, 2.45) is 0 Å². The smallest absolute Gasteiger partial charge is 0.235 e. The quantitative estimate of drug-likeness (QED) is 0.296. The minimum atomic E-state index is -0.312. The molecule has 0 saturated carbocycles. The Morgan fingerprint density at radius 2 is 1.84 bits per heavy atom. The van der Waals surface area contributed by atoms with Gasteiger partial charge in [0, 0.05) is 22.9 Å². The van der Waals surface area contributed by atoms with Crippen molar-refractivity contribution in [1.82, 2.24) is 9.97 Å². The number of carbonyl (C=O) groups excluding carboxylic acids is 1. The first-order chi connectivity index (χ1) is 15.6. The number of carbonyl (C=O) groups is 1. The Morgan fingerprint density at radius 1 is 1.06 bits per heavy atom. The topological polar surface area (TPSA) is 55.3 Å². The van der Waals surface area contributed by atoms with E-state index < -0.39 is 0 Å². The minimum Gasteiger partial charge on any atom is -0.486 e. The molecule has 0 spiro atoms. The summed E-state index contributed by atoms with van der Waals surface area (Å²) in [5, 5.41) is 5.17. The van der Waals surface area contributed by atoms with Gasteiger partial charge in [-0.2, -0.15) is 0 Å². The number of aromatic nitrogens is 2. The monoisotopic (exact) mass is 465 g/mol. The molecule has 4 aromatic rings. The van der Waals surface area contributed by atoms with Crippen molar-refractivity contribution in [3.8, 4) is 17.0 Å². The summed E-state index contributed by atoms with van der Waals surface area (Å²) in [5.74, 6) is 0.150. The molecular weight excluding hydrogens is 445 g/mol. The van der Waals surface area contributed by atoms with Crippen molar-refractivity contribution in [3.63, 3.8) is 0 Å². The largest absolute Gasteiger partial charge is 0.486 e. The Balaban J connectivity index is 1.41. The van der Waals surface area contributed by atoms with Gasteiger partial charge in [0.25, 0.3) is 0 Å². The Bertz CT molecular complexity index is 1190. The standard InChI is InChI=1S/C24H20FN3O2S2/c1-2-12-28(24-27-21(16-32-24)17-6-4-3-5-7-17)23(29)13-19-15-31-22(26-19)14-30-20-10-8-18(25)9-11-20/h2-11,15-16H,1,12-14H2. The molecule has 5 nitrogen and oxygen atoms in total. The lowest BCUT2D eigenvalue weighted by atomic mass is 10.2. The predicted molar refractivity (Wildman–Crippen MR) is 127 cm³/mol. The summed E-state index contributed by atoms with van der Waals surface area (Å²) < 4.78 is 18.6. The van der Waals surface area contributed by atoms with E-state index in [0.29, 0.717) is 23.1 Å². The predicted octanol–water partition coefficient (Wildman–Crippen LogP) is 5.75. The van der Waals surface area contributed by atoms with Gasteiger partial charge in [0.2, 0.25) is 5.91 Å². The molecule has 1 amide bonds. The fraction of sp³-hybridized carbons (Fsp3) is 0.125. The van der Waals surface area contributed by atoms with E-state index in [1.54, 1.807) is 23.1 Å². The fourth-order valence-electron chi connectivity index (χ4n) is 2.97. The van der Waals surface area contributed by atoms with E-state index in [1.165, 1.54) is 34.8 Å². The molecule has 0 aliphatic heterocycles. The lowest BCUT2D eigenvalue weighted by Crippen LogP contribution is -2.32. The molecule has 0 N–H and O–H groups in total. The van der Waals surface area contributed by atoms with E-state index in [0.717, 1.165) is 16.3 Å². The van der Waals surface area contributed by atoms with E-state index >= 15 is 0 Å². The molecule has 0 saturated heterocycles. The van der Waals surface area contributed by atoms with Crippen LogP contribution in [0.4, 0.5) is 9.52 Å². The normalized spacial score (nSPS) is 10.7. The molecule has 2 heterocycles. The number of anilines is 1. The van der Waals surface area contributed by atoms with Crippen molar-refractivity contribution in [3.05, 3.63) is 94.5 Å². The molecule has 32 heavy (non-hydrogen) atoms. The third kappa shape index (κ3) is 5.46. The summed E-state index contributed by atoms with van der Waals surface area (Å²) in [5.41, 5.74) is 2.51. The van der Waals surface area contributed by atoms with Crippen molar-refractivity contribution < 1.29 is 13.9 Å². The third-order valence-electron chi connectivity index (χ3n) is 4.51. The Morgan fingerprint density at radius 3 is 2.59 bits per heavy atom. The van der Waals surface area contributed by atoms with E-state index in [-0.39, 0.29) is 24.8 Å². The first-order valence-corrected chi connectivity index (χ1v) is 11.6. The van der Waals surface area contributed by atoms with Crippen LogP contribution in [-0.2, 0) is 17.8 Å². The van der Waals surface area contributed by atoms with Crippen LogP contribution in [0.3, 0.4) is 0 Å². The van der Waals surface area contributed by atoms with E-state index in [1.807, 2.05) is 41.1 Å². The third-order valence-corrected chi connectivity index (χ3v) is 6.25. The van der Waals surface area contributed by atoms with Gasteiger partial charge in [0.05, 0.1) is 17.8 Å². The zero-order valence-electron chi connectivity index (χ0n) is 17.1. The lowest BCUT2D eigenvalue weighted by Gasteiger charge is -2.17. The number of amides is 1. The number of ether oxygens (including phenoxy) is 1. The highest BCUT2D eigenvalue weighted by atomic mass is 32.1. The zero-order valence-corrected chi connectivity index (χ0v) is 18.7.